The van der Waals surface area contributed by atoms with Crippen LogP contribution >= 0.6 is 0 Å². The molecule has 0 radical (unpaired) electrons. The van der Waals surface area contributed by atoms with Crippen molar-refractivity contribution in [1.29, 1.82) is 5.26 Å². The second-order valence-corrected chi connectivity index (χ2v) is 3.92. The first kappa shape index (κ1) is 12.5. The van der Waals surface area contributed by atoms with E-state index in [0.29, 0.717) is 6.42 Å². The molecule has 5 heteroatoms. The van der Waals surface area contributed by atoms with Gasteiger partial charge in [-0.25, -0.2) is 0 Å². The highest BCUT2D eigenvalue weighted by molar-refractivity contribution is 5.97. The highest BCUT2D eigenvalue weighted by Crippen LogP contribution is 2.39. The van der Waals surface area contributed by atoms with Crippen LogP contribution in [0.2, 0.25) is 0 Å². The van der Waals surface area contributed by atoms with Gasteiger partial charge in [0.1, 0.15) is 11.5 Å². The van der Waals surface area contributed by atoms with Crippen LogP contribution in [-0.2, 0) is 19.1 Å². The Morgan fingerprint density at radius 3 is 2.69 bits per heavy atom. The minimum atomic E-state index is -1.10. The number of hydrogen-bond acceptors (Lipinski definition) is 5. The molecule has 1 aliphatic heterocycles. The van der Waals surface area contributed by atoms with Gasteiger partial charge >= 0.3 is 11.9 Å². The van der Waals surface area contributed by atoms with Gasteiger partial charge < -0.3 is 9.47 Å². The van der Waals surface area contributed by atoms with Gasteiger partial charge in [-0.1, -0.05) is 6.92 Å². The number of hydrogen-bond donors (Lipinski definition) is 0. The molecule has 0 N–H and O–H groups in total. The van der Waals surface area contributed by atoms with Crippen LogP contribution in [0.1, 0.15) is 27.2 Å². The summed E-state index contributed by atoms with van der Waals surface area (Å²) in [6, 6.07) is 1.98. The number of carbonyl (C=O) groups excluding carboxylic acids is 2. The maximum atomic E-state index is 11.6. The molecule has 3 atom stereocenters. The Morgan fingerprint density at radius 1 is 1.62 bits per heavy atom. The van der Waals surface area contributed by atoms with Gasteiger partial charge in [0, 0.05) is 0 Å². The molecule has 0 spiro atoms. The highest BCUT2D eigenvalue weighted by Gasteiger charge is 2.56. The van der Waals surface area contributed by atoms with E-state index in [-0.39, 0.29) is 6.61 Å². The molecule has 0 saturated carbocycles. The molecule has 0 aliphatic carbocycles. The fourth-order valence-electron chi connectivity index (χ4n) is 1.81. The summed E-state index contributed by atoms with van der Waals surface area (Å²) >= 11 is 0. The summed E-state index contributed by atoms with van der Waals surface area (Å²) in [6.07, 6.45) is 0.493. The van der Waals surface area contributed by atoms with Gasteiger partial charge in [0.15, 0.2) is 5.92 Å². The number of nitrogens with zero attached hydrogens (tertiary/aromatic N) is 1. The Labute approximate surface area is 94.3 Å². The van der Waals surface area contributed by atoms with E-state index < -0.39 is 29.4 Å². The largest absolute Gasteiger partial charge is 0.465 e. The highest BCUT2D eigenvalue weighted by atomic mass is 16.6. The summed E-state index contributed by atoms with van der Waals surface area (Å²) in [5.74, 6) is -3.20. The molecule has 0 bridgehead atoms. The van der Waals surface area contributed by atoms with E-state index in [1.54, 1.807) is 13.8 Å². The Balaban J connectivity index is 2.98. The molecule has 16 heavy (non-hydrogen) atoms. The zero-order valence-corrected chi connectivity index (χ0v) is 9.65. The summed E-state index contributed by atoms with van der Waals surface area (Å²) in [4.78, 5) is 23.1. The maximum Gasteiger partial charge on any atom is 0.322 e. The molecular formula is C11H15NO4. The standard InChI is InChI=1S/C11H15NO4/c1-4-11(3)7(6-12)8(10(14)16-11)9(13)15-5-2/h7-8H,4-5H2,1-3H3/t7-,8+,11+/m0/s1. The molecule has 1 rings (SSSR count). The van der Waals surface area contributed by atoms with Crippen molar-refractivity contribution in [3.05, 3.63) is 0 Å². The van der Waals surface area contributed by atoms with Crippen LogP contribution in [0.25, 0.3) is 0 Å². The first-order valence-electron chi connectivity index (χ1n) is 5.29. The van der Waals surface area contributed by atoms with Gasteiger partial charge in [0.25, 0.3) is 0 Å². The van der Waals surface area contributed by atoms with Crippen molar-refractivity contribution in [2.45, 2.75) is 32.8 Å². The number of carbonyl (C=O) groups is 2. The van der Waals surface area contributed by atoms with E-state index in [2.05, 4.69) is 0 Å². The van der Waals surface area contributed by atoms with Gasteiger partial charge in [0.05, 0.1) is 12.7 Å². The fraction of sp³-hybridized carbons (Fsp3) is 0.727. The lowest BCUT2D eigenvalue weighted by molar-refractivity contribution is -0.158. The summed E-state index contributed by atoms with van der Waals surface area (Å²) in [6.45, 7) is 5.31. The first-order chi connectivity index (χ1) is 7.50. The van der Waals surface area contributed by atoms with Gasteiger partial charge in [0.2, 0.25) is 0 Å². The molecule has 1 saturated heterocycles. The quantitative estimate of drug-likeness (QED) is 0.529. The summed E-state index contributed by atoms with van der Waals surface area (Å²) in [5.41, 5.74) is -0.886. The van der Waals surface area contributed by atoms with Crippen LogP contribution in [0.5, 0.6) is 0 Å². The third-order valence-corrected chi connectivity index (χ3v) is 2.96. The van der Waals surface area contributed by atoms with Gasteiger partial charge in [-0.3, -0.25) is 9.59 Å². The predicted molar refractivity (Wildman–Crippen MR) is 54.0 cm³/mol. The van der Waals surface area contributed by atoms with Crippen molar-refractivity contribution in [1.82, 2.24) is 0 Å². The number of nitriles is 1. The topological polar surface area (TPSA) is 76.4 Å². The van der Waals surface area contributed by atoms with Gasteiger partial charge in [-0.15, -0.1) is 0 Å². The molecule has 1 aliphatic rings. The van der Waals surface area contributed by atoms with E-state index in [4.69, 9.17) is 14.7 Å². The van der Waals surface area contributed by atoms with E-state index in [1.807, 2.05) is 13.0 Å². The van der Waals surface area contributed by atoms with E-state index in [9.17, 15) is 9.59 Å². The van der Waals surface area contributed by atoms with Crippen molar-refractivity contribution < 1.29 is 19.1 Å². The zero-order valence-electron chi connectivity index (χ0n) is 9.65. The Morgan fingerprint density at radius 2 is 2.25 bits per heavy atom. The number of cyclic esters (lactones) is 1. The fourth-order valence-corrected chi connectivity index (χ4v) is 1.81. The number of esters is 2. The monoisotopic (exact) mass is 225 g/mol. The molecule has 88 valence electrons. The summed E-state index contributed by atoms with van der Waals surface area (Å²) in [7, 11) is 0. The van der Waals surface area contributed by atoms with Crippen molar-refractivity contribution in [2.24, 2.45) is 11.8 Å². The van der Waals surface area contributed by atoms with Gasteiger partial charge in [-0.05, 0) is 20.3 Å². The minimum Gasteiger partial charge on any atom is -0.465 e. The lowest BCUT2D eigenvalue weighted by Crippen LogP contribution is -2.34. The Hall–Kier alpha value is -1.57. The lowest BCUT2D eigenvalue weighted by Gasteiger charge is -2.24. The van der Waals surface area contributed by atoms with Crippen molar-refractivity contribution in [3.63, 3.8) is 0 Å². The van der Waals surface area contributed by atoms with E-state index in [1.165, 1.54) is 0 Å². The summed E-state index contributed by atoms with van der Waals surface area (Å²) in [5, 5.41) is 9.05. The molecule has 5 nitrogen and oxygen atoms in total. The molecule has 1 fully saturated rings. The zero-order chi connectivity index (χ0) is 12.3. The third kappa shape index (κ3) is 1.87. The van der Waals surface area contributed by atoms with E-state index in [0.717, 1.165) is 0 Å². The molecule has 0 unspecified atom stereocenters. The molecule has 0 aromatic heterocycles. The van der Waals surface area contributed by atoms with Crippen LogP contribution in [0.15, 0.2) is 0 Å². The maximum absolute atomic E-state index is 11.6. The Kier molecular flexibility index (Phi) is 3.53. The van der Waals surface area contributed by atoms with Crippen molar-refractivity contribution >= 4 is 11.9 Å². The van der Waals surface area contributed by atoms with Crippen LogP contribution in [-0.4, -0.2) is 24.1 Å². The van der Waals surface area contributed by atoms with Crippen LogP contribution < -0.4 is 0 Å². The van der Waals surface area contributed by atoms with Crippen LogP contribution in [0.3, 0.4) is 0 Å². The first-order valence-corrected chi connectivity index (χ1v) is 5.29. The van der Waals surface area contributed by atoms with Gasteiger partial charge in [-0.2, -0.15) is 5.26 Å². The average Bonchev–Trinajstić information content (AvgIpc) is 2.50. The molecule has 0 aromatic rings. The predicted octanol–water partition coefficient (Wildman–Crippen LogP) is 1.03. The molecule has 0 aromatic carbocycles. The van der Waals surface area contributed by atoms with Crippen molar-refractivity contribution in [3.8, 4) is 6.07 Å². The third-order valence-electron chi connectivity index (χ3n) is 2.96. The SMILES string of the molecule is CCOC(=O)[C@@H]1C(=O)O[C@](C)(CC)[C@H]1C#N. The van der Waals surface area contributed by atoms with Crippen molar-refractivity contribution in [2.75, 3.05) is 6.61 Å². The Bertz CT molecular complexity index is 338. The second-order valence-electron chi connectivity index (χ2n) is 3.92. The molecule has 0 amide bonds. The number of rotatable bonds is 3. The normalized spacial score (nSPS) is 33.0. The molecular weight excluding hydrogens is 210 g/mol. The number of ether oxygens (including phenoxy) is 2. The smallest absolute Gasteiger partial charge is 0.322 e. The van der Waals surface area contributed by atoms with Crippen LogP contribution in [0.4, 0.5) is 0 Å². The van der Waals surface area contributed by atoms with Crippen LogP contribution in [0, 0.1) is 23.2 Å². The second kappa shape index (κ2) is 4.52. The van der Waals surface area contributed by atoms with E-state index >= 15 is 0 Å². The lowest BCUT2D eigenvalue weighted by atomic mass is 9.81. The minimum absolute atomic E-state index is 0.184. The summed E-state index contributed by atoms with van der Waals surface area (Å²) < 4.78 is 9.89. The average molecular weight is 225 g/mol. The molecule has 1 heterocycles.